The van der Waals surface area contributed by atoms with Crippen LogP contribution in [0.3, 0.4) is 0 Å². The number of nitrogens with zero attached hydrogens (tertiary/aromatic N) is 1. The highest BCUT2D eigenvalue weighted by atomic mass is 32.1. The highest BCUT2D eigenvalue weighted by molar-refractivity contribution is 8.10. The van der Waals surface area contributed by atoms with Gasteiger partial charge >= 0.3 is 0 Å². The molecule has 4 heteroatoms. The zero-order chi connectivity index (χ0) is 11.3. The standard InChI is InChI=1S/C11H19NOS2/c1-3-5-6-9(4-2)10-12(11(14)15)7-8-13-10/h6,10H,3-5,7-8H2,1-2H3,(H,14,15). The van der Waals surface area contributed by atoms with E-state index in [9.17, 15) is 0 Å². The van der Waals surface area contributed by atoms with Crippen LogP contribution in [0.4, 0.5) is 0 Å². The Morgan fingerprint density at radius 1 is 1.60 bits per heavy atom. The predicted octanol–water partition coefficient (Wildman–Crippen LogP) is 3.00. The van der Waals surface area contributed by atoms with E-state index in [0.717, 1.165) is 26.0 Å². The van der Waals surface area contributed by atoms with E-state index < -0.39 is 0 Å². The smallest absolute Gasteiger partial charge is 0.153 e. The van der Waals surface area contributed by atoms with Gasteiger partial charge < -0.3 is 9.64 Å². The molecule has 0 amide bonds. The summed E-state index contributed by atoms with van der Waals surface area (Å²) < 4.78 is 6.33. The number of ether oxygens (including phenoxy) is 1. The van der Waals surface area contributed by atoms with Crippen LogP contribution < -0.4 is 0 Å². The fourth-order valence-electron chi connectivity index (χ4n) is 1.72. The first-order valence-corrected chi connectivity index (χ1v) is 6.36. The first-order valence-electron chi connectivity index (χ1n) is 5.50. The number of rotatable bonds is 4. The quantitative estimate of drug-likeness (QED) is 0.465. The Bertz CT molecular complexity index is 253. The highest BCUT2D eigenvalue weighted by Crippen LogP contribution is 2.22. The number of allylic oxidation sites excluding steroid dienone is 1. The summed E-state index contributed by atoms with van der Waals surface area (Å²) in [4.78, 5) is 2.05. The minimum Gasteiger partial charge on any atom is -0.353 e. The predicted molar refractivity (Wildman–Crippen MR) is 71.3 cm³/mol. The lowest BCUT2D eigenvalue weighted by Gasteiger charge is -2.25. The van der Waals surface area contributed by atoms with Crippen molar-refractivity contribution in [3.05, 3.63) is 11.6 Å². The average Bonchev–Trinajstić information content (AvgIpc) is 2.68. The van der Waals surface area contributed by atoms with Gasteiger partial charge in [0, 0.05) is 6.54 Å². The molecule has 0 saturated carbocycles. The van der Waals surface area contributed by atoms with Crippen LogP contribution in [0, 0.1) is 0 Å². The maximum absolute atomic E-state index is 5.70. The van der Waals surface area contributed by atoms with Crippen LogP contribution in [0.2, 0.25) is 0 Å². The molecule has 0 spiro atoms. The number of hydrogen-bond acceptors (Lipinski definition) is 2. The minimum atomic E-state index is 0.0338. The van der Waals surface area contributed by atoms with Gasteiger partial charge in [0.2, 0.25) is 0 Å². The molecule has 1 saturated heterocycles. The zero-order valence-electron chi connectivity index (χ0n) is 9.40. The minimum absolute atomic E-state index is 0.0338. The normalized spacial score (nSPS) is 22.2. The molecular formula is C11H19NOS2. The van der Waals surface area contributed by atoms with Gasteiger partial charge in [0.15, 0.2) is 6.23 Å². The van der Waals surface area contributed by atoms with E-state index in [1.165, 1.54) is 12.0 Å². The van der Waals surface area contributed by atoms with Crippen molar-refractivity contribution < 1.29 is 4.74 Å². The topological polar surface area (TPSA) is 12.5 Å². The third kappa shape index (κ3) is 3.47. The fourth-order valence-corrected chi connectivity index (χ4v) is 2.11. The molecule has 1 aliphatic rings. The molecular weight excluding hydrogens is 226 g/mol. The molecule has 0 bridgehead atoms. The van der Waals surface area contributed by atoms with Crippen molar-refractivity contribution in [3.63, 3.8) is 0 Å². The maximum atomic E-state index is 5.70. The van der Waals surface area contributed by atoms with Gasteiger partial charge in [0.1, 0.15) is 4.32 Å². The molecule has 0 radical (unpaired) electrons. The van der Waals surface area contributed by atoms with E-state index in [1.807, 2.05) is 4.90 Å². The van der Waals surface area contributed by atoms with Gasteiger partial charge in [-0.3, -0.25) is 0 Å². The number of thiol groups is 1. The van der Waals surface area contributed by atoms with E-state index >= 15 is 0 Å². The second-order valence-corrected chi connectivity index (χ2v) is 4.73. The Kier molecular flexibility index (Phi) is 5.64. The van der Waals surface area contributed by atoms with E-state index in [0.29, 0.717) is 4.32 Å². The summed E-state index contributed by atoms with van der Waals surface area (Å²) in [7, 11) is 0. The molecule has 1 unspecified atom stereocenters. The molecule has 0 aromatic rings. The van der Waals surface area contributed by atoms with Crippen LogP contribution >= 0.6 is 24.8 Å². The Morgan fingerprint density at radius 2 is 2.33 bits per heavy atom. The lowest BCUT2D eigenvalue weighted by atomic mass is 10.1. The largest absolute Gasteiger partial charge is 0.353 e. The zero-order valence-corrected chi connectivity index (χ0v) is 11.1. The number of unbranched alkanes of at least 4 members (excludes halogenated alkanes) is 1. The second kappa shape index (κ2) is 6.51. The summed E-state index contributed by atoms with van der Waals surface area (Å²) in [6.07, 6.45) is 5.59. The van der Waals surface area contributed by atoms with Crippen molar-refractivity contribution in [1.82, 2.24) is 4.90 Å². The molecule has 0 aliphatic carbocycles. The summed E-state index contributed by atoms with van der Waals surface area (Å²) in [5, 5.41) is 0. The molecule has 15 heavy (non-hydrogen) atoms. The van der Waals surface area contributed by atoms with Gasteiger partial charge in [-0.1, -0.05) is 38.6 Å². The molecule has 86 valence electrons. The third-order valence-corrected chi connectivity index (χ3v) is 3.05. The van der Waals surface area contributed by atoms with Crippen molar-refractivity contribution in [1.29, 1.82) is 0 Å². The molecule has 1 rings (SSSR count). The fraction of sp³-hybridized carbons (Fsp3) is 0.727. The molecule has 1 aliphatic heterocycles. The summed E-state index contributed by atoms with van der Waals surface area (Å²) in [5.74, 6) is 0. The van der Waals surface area contributed by atoms with Crippen molar-refractivity contribution in [2.24, 2.45) is 0 Å². The number of thiocarbonyl (C=S) groups is 1. The molecule has 0 aromatic carbocycles. The van der Waals surface area contributed by atoms with Crippen LogP contribution in [0.15, 0.2) is 11.6 Å². The summed E-state index contributed by atoms with van der Waals surface area (Å²) in [5.41, 5.74) is 1.32. The van der Waals surface area contributed by atoms with E-state index in [2.05, 4.69) is 32.6 Å². The third-order valence-electron chi connectivity index (χ3n) is 2.56. The molecule has 0 N–H and O–H groups in total. The number of hydrogen-bond donors (Lipinski definition) is 1. The molecule has 1 fully saturated rings. The second-order valence-electron chi connectivity index (χ2n) is 3.62. The average molecular weight is 245 g/mol. The highest BCUT2D eigenvalue weighted by Gasteiger charge is 2.28. The van der Waals surface area contributed by atoms with Crippen LogP contribution in [-0.4, -0.2) is 28.6 Å². The Labute approximate surface area is 103 Å². The van der Waals surface area contributed by atoms with Gasteiger partial charge in [-0.05, 0) is 18.4 Å². The maximum Gasteiger partial charge on any atom is 0.153 e. The van der Waals surface area contributed by atoms with Gasteiger partial charge in [-0.2, -0.15) is 0 Å². The van der Waals surface area contributed by atoms with E-state index in [1.54, 1.807) is 0 Å². The lowest BCUT2D eigenvalue weighted by molar-refractivity contribution is 0.0932. The van der Waals surface area contributed by atoms with Crippen molar-refractivity contribution >= 4 is 29.2 Å². The molecule has 0 aromatic heterocycles. The lowest BCUT2D eigenvalue weighted by Crippen LogP contribution is -2.33. The van der Waals surface area contributed by atoms with E-state index in [4.69, 9.17) is 17.0 Å². The van der Waals surface area contributed by atoms with Crippen LogP contribution in [-0.2, 0) is 4.74 Å². The monoisotopic (exact) mass is 245 g/mol. The van der Waals surface area contributed by atoms with Gasteiger partial charge in [-0.15, -0.1) is 12.6 Å². The van der Waals surface area contributed by atoms with Crippen LogP contribution in [0.25, 0.3) is 0 Å². The van der Waals surface area contributed by atoms with Crippen LogP contribution in [0.5, 0.6) is 0 Å². The first-order chi connectivity index (χ1) is 7.20. The van der Waals surface area contributed by atoms with E-state index in [-0.39, 0.29) is 6.23 Å². The molecule has 1 atom stereocenters. The first kappa shape index (κ1) is 13.0. The van der Waals surface area contributed by atoms with Crippen LogP contribution in [0.1, 0.15) is 33.1 Å². The van der Waals surface area contributed by atoms with Crippen molar-refractivity contribution in [3.8, 4) is 0 Å². The van der Waals surface area contributed by atoms with Crippen molar-refractivity contribution in [2.75, 3.05) is 13.2 Å². The molecule has 1 heterocycles. The summed E-state index contributed by atoms with van der Waals surface area (Å²) in [6.45, 7) is 5.94. The Hall–Kier alpha value is -0.0600. The molecule has 2 nitrogen and oxygen atoms in total. The van der Waals surface area contributed by atoms with Gasteiger partial charge in [0.25, 0.3) is 0 Å². The van der Waals surface area contributed by atoms with Gasteiger partial charge in [-0.25, -0.2) is 0 Å². The Balaban J connectivity index is 2.70. The van der Waals surface area contributed by atoms with Crippen molar-refractivity contribution in [2.45, 2.75) is 39.3 Å². The summed E-state index contributed by atoms with van der Waals surface area (Å²) >= 11 is 9.32. The SMILES string of the molecule is CCCC=C(CC)C1OCCN1C(=S)S. The Morgan fingerprint density at radius 3 is 2.87 bits per heavy atom. The van der Waals surface area contributed by atoms with Gasteiger partial charge in [0.05, 0.1) is 6.61 Å². The summed E-state index contributed by atoms with van der Waals surface area (Å²) in [6, 6.07) is 0.